The van der Waals surface area contributed by atoms with Crippen LogP contribution in [0.5, 0.6) is 0 Å². The summed E-state index contributed by atoms with van der Waals surface area (Å²) in [4.78, 5) is 18.2. The van der Waals surface area contributed by atoms with Gasteiger partial charge in [0.2, 0.25) is 15.9 Å². The second kappa shape index (κ2) is 8.52. The first-order chi connectivity index (χ1) is 14.0. The van der Waals surface area contributed by atoms with Gasteiger partial charge in [-0.15, -0.1) is 0 Å². The fraction of sp³-hybridized carbons (Fsp3) is 0.600. The lowest BCUT2D eigenvalue weighted by Gasteiger charge is -2.54. The molecule has 1 saturated heterocycles. The summed E-state index contributed by atoms with van der Waals surface area (Å²) in [5, 5.41) is 11.7. The molecule has 1 aromatic rings. The number of ether oxygens (including phenoxy) is 1. The molecular weight excluding hydrogens is 406 g/mol. The summed E-state index contributed by atoms with van der Waals surface area (Å²) < 4.78 is 28.7. The zero-order chi connectivity index (χ0) is 22.1. The molecule has 1 aliphatic carbocycles. The van der Waals surface area contributed by atoms with Crippen LogP contribution in [0.25, 0.3) is 0 Å². The van der Waals surface area contributed by atoms with Crippen LogP contribution in [-0.4, -0.2) is 64.6 Å². The van der Waals surface area contributed by atoms with Gasteiger partial charge in [0.25, 0.3) is 0 Å². The molecule has 166 valence electrons. The largest absolute Gasteiger partial charge is 0.377 e. The molecule has 10 heteroatoms. The van der Waals surface area contributed by atoms with E-state index in [4.69, 9.17) is 9.88 Å². The van der Waals surface area contributed by atoms with Crippen molar-refractivity contribution < 1.29 is 17.9 Å². The van der Waals surface area contributed by atoms with E-state index in [0.717, 1.165) is 18.6 Å². The van der Waals surface area contributed by atoms with Crippen LogP contribution >= 0.6 is 0 Å². The number of nitrogens with two attached hydrogens (primary N) is 1. The molecule has 2 aliphatic rings. The molecule has 0 aromatic heterocycles. The number of sulfonamides is 1. The molecule has 0 radical (unpaired) electrons. The van der Waals surface area contributed by atoms with Gasteiger partial charge in [0, 0.05) is 38.1 Å². The van der Waals surface area contributed by atoms with Crippen molar-refractivity contribution in [2.45, 2.75) is 43.9 Å². The van der Waals surface area contributed by atoms with Gasteiger partial charge in [-0.2, -0.15) is 0 Å². The highest BCUT2D eigenvalue weighted by atomic mass is 32.2. The van der Waals surface area contributed by atoms with Gasteiger partial charge < -0.3 is 20.3 Å². The number of aliphatic imine (C=N–C) groups is 1. The predicted molar refractivity (Wildman–Crippen MR) is 114 cm³/mol. The fourth-order valence-electron chi connectivity index (χ4n) is 4.19. The summed E-state index contributed by atoms with van der Waals surface area (Å²) in [6.07, 6.45) is 1.25. The summed E-state index contributed by atoms with van der Waals surface area (Å²) in [7, 11) is -0.314. The quantitative estimate of drug-likeness (QED) is 0.433. The molecule has 1 saturated carbocycles. The number of fused-ring (bicyclic) bond motifs is 1. The number of hydrogen-bond acceptors (Lipinski definition) is 5. The van der Waals surface area contributed by atoms with Crippen molar-refractivity contribution in [1.82, 2.24) is 15.5 Å². The molecule has 0 spiro atoms. The van der Waals surface area contributed by atoms with Crippen LogP contribution < -0.4 is 15.8 Å². The van der Waals surface area contributed by atoms with E-state index in [0.29, 0.717) is 18.4 Å². The summed E-state index contributed by atoms with van der Waals surface area (Å²) in [5.74, 6) is 0.909. The summed E-state index contributed by atoms with van der Waals surface area (Å²) >= 11 is 0. The van der Waals surface area contributed by atoms with Crippen LogP contribution in [0.3, 0.4) is 0 Å². The van der Waals surface area contributed by atoms with E-state index in [-0.39, 0.29) is 34.9 Å². The molecular formula is C20H31N5O4S. The maximum absolute atomic E-state index is 12.0. The SMILES string of the molecule is CN(C)C(=O)CNC(=NCc1ccc(S(N)(=O)=O)cc1)NC1C2CCOC2C1(C)C. The third-order valence-electron chi connectivity index (χ3n) is 5.97. The Balaban J connectivity index is 1.72. The van der Waals surface area contributed by atoms with E-state index < -0.39 is 10.0 Å². The Labute approximate surface area is 178 Å². The minimum Gasteiger partial charge on any atom is -0.377 e. The predicted octanol–water partition coefficient (Wildman–Crippen LogP) is 0.271. The van der Waals surface area contributed by atoms with Crippen molar-refractivity contribution in [2.75, 3.05) is 27.2 Å². The summed E-state index contributed by atoms with van der Waals surface area (Å²) in [5.41, 5.74) is 0.795. The van der Waals surface area contributed by atoms with Gasteiger partial charge >= 0.3 is 0 Å². The van der Waals surface area contributed by atoms with Crippen molar-refractivity contribution in [3.63, 3.8) is 0 Å². The molecule has 1 heterocycles. The maximum Gasteiger partial charge on any atom is 0.241 e. The maximum atomic E-state index is 12.0. The van der Waals surface area contributed by atoms with Gasteiger partial charge in [0.1, 0.15) is 0 Å². The van der Waals surface area contributed by atoms with E-state index in [1.54, 1.807) is 26.2 Å². The van der Waals surface area contributed by atoms with Crippen molar-refractivity contribution in [2.24, 2.45) is 21.5 Å². The number of nitrogens with zero attached hydrogens (tertiary/aromatic N) is 2. The number of guanidine groups is 1. The number of amides is 1. The van der Waals surface area contributed by atoms with Crippen LogP contribution in [0.15, 0.2) is 34.2 Å². The second-order valence-electron chi connectivity index (χ2n) is 8.68. The van der Waals surface area contributed by atoms with Gasteiger partial charge in [-0.1, -0.05) is 26.0 Å². The Morgan fingerprint density at radius 3 is 2.57 bits per heavy atom. The molecule has 0 bridgehead atoms. The lowest BCUT2D eigenvalue weighted by Crippen LogP contribution is -2.68. The number of benzene rings is 1. The van der Waals surface area contributed by atoms with E-state index in [9.17, 15) is 13.2 Å². The first-order valence-corrected chi connectivity index (χ1v) is 11.5. The Bertz CT molecular complexity index is 912. The highest BCUT2D eigenvalue weighted by Crippen LogP contribution is 2.52. The molecule has 4 N–H and O–H groups in total. The summed E-state index contributed by atoms with van der Waals surface area (Å²) in [6, 6.07) is 6.48. The standard InChI is InChI=1S/C20H31N5O4S/c1-20(2)17(15-9-10-29-18(15)20)24-19(23-12-16(26)25(3)4)22-11-13-5-7-14(8-6-13)30(21,27)28/h5-8,15,17-18H,9-12H2,1-4H3,(H2,21,27,28)(H2,22,23,24). The Hall–Kier alpha value is -2.17. The van der Waals surface area contributed by atoms with E-state index in [2.05, 4.69) is 29.5 Å². The fourth-order valence-corrected chi connectivity index (χ4v) is 4.70. The number of carbonyl (C=O) groups excluding carboxylic acids is 1. The average molecular weight is 438 g/mol. The normalized spacial score (nSPS) is 25.2. The number of hydrogen-bond donors (Lipinski definition) is 3. The third kappa shape index (κ3) is 4.76. The highest BCUT2D eigenvalue weighted by Gasteiger charge is 2.59. The lowest BCUT2D eigenvalue weighted by molar-refractivity contribution is -0.127. The van der Waals surface area contributed by atoms with Crippen LogP contribution in [0, 0.1) is 11.3 Å². The first-order valence-electron chi connectivity index (χ1n) is 9.98. The molecule has 1 amide bonds. The van der Waals surface area contributed by atoms with Crippen LogP contribution in [0.1, 0.15) is 25.8 Å². The van der Waals surface area contributed by atoms with Gasteiger partial charge in [-0.25, -0.2) is 18.5 Å². The molecule has 2 fully saturated rings. The van der Waals surface area contributed by atoms with Crippen molar-refractivity contribution in [1.29, 1.82) is 0 Å². The van der Waals surface area contributed by atoms with Gasteiger partial charge in [-0.3, -0.25) is 4.79 Å². The molecule has 1 aromatic carbocycles. The van der Waals surface area contributed by atoms with Gasteiger partial charge in [0.15, 0.2) is 5.96 Å². The Morgan fingerprint density at radius 1 is 1.30 bits per heavy atom. The van der Waals surface area contributed by atoms with Crippen LogP contribution in [-0.2, 0) is 26.1 Å². The van der Waals surface area contributed by atoms with E-state index in [1.165, 1.54) is 17.0 Å². The summed E-state index contributed by atoms with van der Waals surface area (Å²) in [6.45, 7) is 5.57. The Kier molecular flexibility index (Phi) is 6.40. The van der Waals surface area contributed by atoms with Crippen molar-refractivity contribution in [3.8, 4) is 0 Å². The van der Waals surface area contributed by atoms with Gasteiger partial charge in [0.05, 0.1) is 24.1 Å². The number of primary sulfonamides is 1. The van der Waals surface area contributed by atoms with Crippen LogP contribution in [0.2, 0.25) is 0 Å². The van der Waals surface area contributed by atoms with E-state index >= 15 is 0 Å². The molecule has 1 aliphatic heterocycles. The van der Waals surface area contributed by atoms with E-state index in [1.807, 2.05) is 0 Å². The monoisotopic (exact) mass is 437 g/mol. The number of rotatable bonds is 6. The van der Waals surface area contributed by atoms with Gasteiger partial charge in [-0.05, 0) is 24.1 Å². The molecule has 3 atom stereocenters. The molecule has 30 heavy (non-hydrogen) atoms. The third-order valence-corrected chi connectivity index (χ3v) is 6.90. The minimum absolute atomic E-state index is 0.0354. The Morgan fingerprint density at radius 2 is 1.97 bits per heavy atom. The molecule has 3 unspecified atom stereocenters. The number of carbonyl (C=O) groups is 1. The zero-order valence-corrected chi connectivity index (χ0v) is 18.7. The minimum atomic E-state index is -3.72. The average Bonchev–Trinajstić information content (AvgIpc) is 3.13. The number of likely N-dealkylation sites (N-methyl/N-ethyl adjacent to an activating group) is 1. The second-order valence-corrected chi connectivity index (χ2v) is 10.2. The zero-order valence-electron chi connectivity index (χ0n) is 17.9. The van der Waals surface area contributed by atoms with Crippen molar-refractivity contribution >= 4 is 21.9 Å². The van der Waals surface area contributed by atoms with Crippen molar-refractivity contribution in [3.05, 3.63) is 29.8 Å². The molecule has 3 rings (SSSR count). The topological polar surface area (TPSA) is 126 Å². The lowest BCUT2D eigenvalue weighted by atomic mass is 9.57. The van der Waals surface area contributed by atoms with Crippen LogP contribution in [0.4, 0.5) is 0 Å². The molecule has 9 nitrogen and oxygen atoms in total. The number of nitrogens with one attached hydrogen (secondary N) is 2. The smallest absolute Gasteiger partial charge is 0.241 e. The first kappa shape index (κ1) is 22.5. The highest BCUT2D eigenvalue weighted by molar-refractivity contribution is 7.89.